The number of halogens is 2. The number of sulfonamides is 1. The first-order valence-corrected chi connectivity index (χ1v) is 14.8. The summed E-state index contributed by atoms with van der Waals surface area (Å²) in [5.41, 5.74) is 3.02. The van der Waals surface area contributed by atoms with Crippen LogP contribution in [0.25, 0.3) is 12.2 Å². The summed E-state index contributed by atoms with van der Waals surface area (Å²) in [5, 5.41) is 0.301. The number of anilines is 1. The predicted molar refractivity (Wildman–Crippen MR) is 161 cm³/mol. The quantitative estimate of drug-likeness (QED) is 0.190. The molecule has 0 spiro atoms. The molecule has 1 aliphatic rings. The van der Waals surface area contributed by atoms with Crippen LogP contribution in [0.2, 0.25) is 5.02 Å². The monoisotopic (exact) mass is 583 g/mol. The number of ether oxygens (including phenoxy) is 2. The number of benzene rings is 3. The molecule has 0 bridgehead atoms. The second kappa shape index (κ2) is 11.7. The molecule has 0 radical (unpaired) electrons. The molecule has 3 aromatic rings. The number of rotatable bonds is 9. The maximum Gasteiger partial charge on any atom is 0.264 e. The zero-order chi connectivity index (χ0) is 29.2. The topological polar surface area (TPSA) is 55.8 Å². The minimum atomic E-state index is -3.94. The normalized spacial score (nSPS) is 15.7. The summed E-state index contributed by atoms with van der Waals surface area (Å²) in [6.45, 7) is 10.3. The van der Waals surface area contributed by atoms with Gasteiger partial charge >= 0.3 is 0 Å². The van der Waals surface area contributed by atoms with Gasteiger partial charge in [-0.1, -0.05) is 62.4 Å². The highest BCUT2D eigenvalue weighted by Crippen LogP contribution is 2.41. The number of aryl methyl sites for hydroxylation is 1. The average Bonchev–Trinajstić information content (AvgIpc) is 2.91. The zero-order valence-corrected chi connectivity index (χ0v) is 25.1. The van der Waals surface area contributed by atoms with Crippen molar-refractivity contribution >= 4 is 39.5 Å². The Morgan fingerprint density at radius 2 is 1.90 bits per heavy atom. The molecule has 0 aromatic heterocycles. The summed E-state index contributed by atoms with van der Waals surface area (Å²) in [6, 6.07) is 15.1. The van der Waals surface area contributed by atoms with Gasteiger partial charge in [-0.05, 0) is 72.7 Å². The van der Waals surface area contributed by atoms with Crippen LogP contribution in [0.1, 0.15) is 42.5 Å². The molecule has 1 aliphatic heterocycles. The van der Waals surface area contributed by atoms with Gasteiger partial charge < -0.3 is 9.47 Å². The Hall–Kier alpha value is -3.29. The van der Waals surface area contributed by atoms with E-state index >= 15 is 0 Å². The Labute approximate surface area is 241 Å². The van der Waals surface area contributed by atoms with Gasteiger partial charge in [-0.15, -0.1) is 0 Å². The van der Waals surface area contributed by atoms with Crippen molar-refractivity contribution in [2.75, 3.05) is 25.1 Å². The number of fused-ring (bicyclic) bond motifs is 1. The second-order valence-electron chi connectivity index (χ2n) is 10.8. The SMILES string of the molecule is C=C(OC)C(C)(C)C[C@@H]1Cc2ccc(/C=C/c3c(F)cccc3Cl)cc2N(S(=O)(=O)c2ccc(C)c(OC)c2)C1. The zero-order valence-electron chi connectivity index (χ0n) is 23.5. The molecular formula is C32H35ClFNO4S. The van der Waals surface area contributed by atoms with Crippen LogP contribution < -0.4 is 9.04 Å². The maximum absolute atomic E-state index is 14.3. The van der Waals surface area contributed by atoms with Gasteiger partial charge in [0.1, 0.15) is 11.6 Å². The van der Waals surface area contributed by atoms with Crippen LogP contribution in [0.3, 0.4) is 0 Å². The van der Waals surface area contributed by atoms with Crippen molar-refractivity contribution in [2.24, 2.45) is 11.3 Å². The van der Waals surface area contributed by atoms with E-state index in [-0.39, 0.29) is 28.3 Å². The van der Waals surface area contributed by atoms with Crippen LogP contribution in [-0.4, -0.2) is 29.2 Å². The van der Waals surface area contributed by atoms with E-state index in [2.05, 4.69) is 20.4 Å². The summed E-state index contributed by atoms with van der Waals surface area (Å²) < 4.78 is 55.0. The molecule has 0 unspecified atom stereocenters. The summed E-state index contributed by atoms with van der Waals surface area (Å²) in [7, 11) is -0.815. The third-order valence-electron chi connectivity index (χ3n) is 7.52. The lowest BCUT2D eigenvalue weighted by molar-refractivity contribution is 0.169. The van der Waals surface area contributed by atoms with Gasteiger partial charge in [0, 0.05) is 23.6 Å². The Morgan fingerprint density at radius 1 is 1.15 bits per heavy atom. The van der Waals surface area contributed by atoms with Crippen molar-refractivity contribution in [1.82, 2.24) is 0 Å². The Morgan fingerprint density at radius 3 is 2.58 bits per heavy atom. The molecule has 0 N–H and O–H groups in total. The third kappa shape index (κ3) is 6.06. The summed E-state index contributed by atoms with van der Waals surface area (Å²) in [5.74, 6) is 0.756. The molecule has 3 aromatic carbocycles. The summed E-state index contributed by atoms with van der Waals surface area (Å²) >= 11 is 6.20. The Bertz CT molecular complexity index is 1540. The predicted octanol–water partition coefficient (Wildman–Crippen LogP) is 7.91. The smallest absolute Gasteiger partial charge is 0.264 e. The standard InChI is InChI=1S/C32H35ClFNO4S/c1-21-10-14-26(18-31(21)39-6)40(36,37)35-20-24(19-32(3,4)22(2)38-5)16-25-13-11-23(17-30(25)35)12-15-27-28(33)8-7-9-29(27)34/h7-15,17-18,24H,2,16,19-20H2,1,3-6H3/b15-12+/t24-/m0/s1. The second-order valence-corrected chi connectivity index (χ2v) is 13.1. The van der Waals surface area contributed by atoms with Crippen molar-refractivity contribution in [3.05, 3.63) is 100 Å². The van der Waals surface area contributed by atoms with Crippen molar-refractivity contribution in [2.45, 2.75) is 38.5 Å². The van der Waals surface area contributed by atoms with E-state index in [4.69, 9.17) is 21.1 Å². The van der Waals surface area contributed by atoms with Crippen LogP contribution in [0.15, 0.2) is 71.8 Å². The van der Waals surface area contributed by atoms with E-state index < -0.39 is 15.8 Å². The number of hydrogen-bond acceptors (Lipinski definition) is 4. The summed E-state index contributed by atoms with van der Waals surface area (Å²) in [6.07, 6.45) is 4.73. The van der Waals surface area contributed by atoms with E-state index in [1.54, 1.807) is 49.6 Å². The van der Waals surface area contributed by atoms with E-state index in [1.165, 1.54) is 17.5 Å². The average molecular weight is 584 g/mol. The first kappa shape index (κ1) is 29.7. The maximum atomic E-state index is 14.3. The molecule has 0 amide bonds. The fourth-order valence-electron chi connectivity index (χ4n) is 5.21. The Balaban J connectivity index is 1.78. The number of hydrogen-bond donors (Lipinski definition) is 0. The number of methoxy groups -OCH3 is 2. The molecule has 0 saturated heterocycles. The molecule has 1 atom stereocenters. The molecule has 1 heterocycles. The molecule has 0 aliphatic carbocycles. The van der Waals surface area contributed by atoms with Crippen LogP contribution in [0.4, 0.5) is 10.1 Å². The number of allylic oxidation sites excluding steroid dienone is 1. The largest absolute Gasteiger partial charge is 0.501 e. The lowest BCUT2D eigenvalue weighted by atomic mass is 9.78. The minimum Gasteiger partial charge on any atom is -0.501 e. The molecule has 4 rings (SSSR count). The summed E-state index contributed by atoms with van der Waals surface area (Å²) in [4.78, 5) is 0.154. The highest BCUT2D eigenvalue weighted by Gasteiger charge is 2.37. The van der Waals surface area contributed by atoms with Crippen LogP contribution in [0.5, 0.6) is 5.75 Å². The highest BCUT2D eigenvalue weighted by molar-refractivity contribution is 7.92. The van der Waals surface area contributed by atoms with Crippen LogP contribution >= 0.6 is 11.6 Å². The molecule has 8 heteroatoms. The first-order chi connectivity index (χ1) is 18.9. The van der Waals surface area contributed by atoms with Gasteiger partial charge in [0.15, 0.2) is 0 Å². The van der Waals surface area contributed by atoms with Gasteiger partial charge in [0.2, 0.25) is 0 Å². The van der Waals surface area contributed by atoms with Gasteiger partial charge in [-0.25, -0.2) is 12.8 Å². The van der Waals surface area contributed by atoms with Crippen molar-refractivity contribution in [3.8, 4) is 5.75 Å². The van der Waals surface area contributed by atoms with Gasteiger partial charge in [-0.2, -0.15) is 0 Å². The number of nitrogens with zero attached hydrogens (tertiary/aromatic N) is 1. The van der Waals surface area contributed by atoms with Crippen molar-refractivity contribution < 1.29 is 22.3 Å². The molecular weight excluding hydrogens is 549 g/mol. The fraction of sp³-hybridized carbons (Fsp3) is 0.312. The van der Waals surface area contributed by atoms with E-state index in [0.717, 1.165) is 16.7 Å². The minimum absolute atomic E-state index is 0.0233. The van der Waals surface area contributed by atoms with E-state index in [1.807, 2.05) is 25.1 Å². The highest BCUT2D eigenvalue weighted by atomic mass is 35.5. The van der Waals surface area contributed by atoms with Crippen molar-refractivity contribution in [1.29, 1.82) is 0 Å². The van der Waals surface area contributed by atoms with Gasteiger partial charge in [-0.3, -0.25) is 4.31 Å². The molecule has 0 saturated carbocycles. The lowest BCUT2D eigenvalue weighted by Gasteiger charge is -2.39. The first-order valence-electron chi connectivity index (χ1n) is 13.0. The van der Waals surface area contributed by atoms with E-state index in [0.29, 0.717) is 35.1 Å². The van der Waals surface area contributed by atoms with Crippen molar-refractivity contribution in [3.63, 3.8) is 0 Å². The molecule has 0 fully saturated rings. The lowest BCUT2D eigenvalue weighted by Crippen LogP contribution is -2.41. The van der Waals surface area contributed by atoms with E-state index in [9.17, 15) is 12.8 Å². The molecule has 40 heavy (non-hydrogen) atoms. The Kier molecular flexibility index (Phi) is 8.66. The fourth-order valence-corrected chi connectivity index (χ4v) is 7.02. The molecule has 5 nitrogen and oxygen atoms in total. The van der Waals surface area contributed by atoms with Crippen LogP contribution in [0, 0.1) is 24.1 Å². The van der Waals surface area contributed by atoms with Gasteiger partial charge in [0.25, 0.3) is 10.0 Å². The molecule has 212 valence electrons. The van der Waals surface area contributed by atoms with Gasteiger partial charge in [0.05, 0.1) is 35.6 Å². The third-order valence-corrected chi connectivity index (χ3v) is 9.63. The van der Waals surface area contributed by atoms with Crippen LogP contribution in [-0.2, 0) is 21.2 Å².